The minimum absolute atomic E-state index is 0. The molecule has 0 aliphatic heterocycles. The van der Waals surface area contributed by atoms with Gasteiger partial charge in [-0.25, -0.2) is 0 Å². The van der Waals surface area contributed by atoms with E-state index in [1.807, 2.05) is 18.2 Å². The van der Waals surface area contributed by atoms with Crippen LogP contribution in [0, 0.1) is 0 Å². The predicted octanol–water partition coefficient (Wildman–Crippen LogP) is 2.08. The molecule has 1 N–H and O–H groups in total. The van der Waals surface area contributed by atoms with Crippen LogP contribution in [-0.4, -0.2) is 42.8 Å². The maximum absolute atomic E-state index is 9.19. The molecule has 12 heavy (non-hydrogen) atoms. The maximum Gasteiger partial charge on any atom is 2.00 e. The van der Waals surface area contributed by atoms with Crippen LogP contribution in [0.2, 0.25) is 0 Å². The Morgan fingerprint density at radius 1 is 1.42 bits per heavy atom. The van der Waals surface area contributed by atoms with Crippen molar-refractivity contribution >= 4 is 51.2 Å². The summed E-state index contributed by atoms with van der Waals surface area (Å²) in [4.78, 5) is 0. The second kappa shape index (κ2) is 7.99. The van der Waals surface area contributed by atoms with Crippen molar-refractivity contribution in [2.75, 3.05) is 0 Å². The third-order valence-corrected chi connectivity index (χ3v) is 1.36. The fourth-order valence-electron chi connectivity index (χ4n) is 0.839. The fourth-order valence-corrected chi connectivity index (χ4v) is 0.839. The number of aromatic hydroxyl groups is 1. The molecule has 0 aliphatic carbocycles. The summed E-state index contributed by atoms with van der Waals surface area (Å²) in [5, 5.41) is 9.19. The van der Waals surface area contributed by atoms with Crippen molar-refractivity contribution in [3.8, 4) is 5.75 Å². The molecular weight excluding hydrogens is 196 g/mol. The van der Waals surface area contributed by atoms with Gasteiger partial charge in [0.1, 0.15) is 5.75 Å². The fraction of sp³-hybridized carbons (Fsp3) is 0.111. The Morgan fingerprint density at radius 3 is 2.50 bits per heavy atom. The molecule has 0 saturated heterocycles. The van der Waals surface area contributed by atoms with Gasteiger partial charge >= 0.3 is 37.7 Å². The van der Waals surface area contributed by atoms with E-state index in [-0.39, 0.29) is 54.1 Å². The van der Waals surface area contributed by atoms with Gasteiger partial charge in [0, 0.05) is 0 Å². The molecule has 0 unspecified atom stereocenters. The summed E-state index contributed by atoms with van der Waals surface area (Å²) < 4.78 is 0. The number of phenols is 1. The van der Waals surface area contributed by atoms with Gasteiger partial charge in [0.15, 0.2) is 0 Å². The van der Waals surface area contributed by atoms with Crippen LogP contribution in [-0.2, 0) is 6.42 Å². The number of hydrogen-bond donors (Lipinski definition) is 1. The van der Waals surface area contributed by atoms with Gasteiger partial charge in [-0.2, -0.15) is 13.5 Å². The standard InChI is InChI=1S/C9H10O.Ca.H2S.2H/c1-2-5-8-6-3-4-7-9(8)10;;;;/h2-4,6-7,10H,1,5H2;;1H2;;/q;+2;;2*-1. The van der Waals surface area contributed by atoms with Gasteiger partial charge in [0.05, 0.1) is 0 Å². The second-order valence-electron chi connectivity index (χ2n) is 2.12. The average molecular weight is 210 g/mol. The Hall–Kier alpha value is 0.370. The van der Waals surface area contributed by atoms with Crippen molar-refractivity contribution in [1.29, 1.82) is 0 Å². The molecular formula is C9H14CaOS. The van der Waals surface area contributed by atoms with Crippen LogP contribution >= 0.6 is 13.5 Å². The molecule has 0 radical (unpaired) electrons. The molecule has 3 heteroatoms. The Bertz CT molecular complexity index is 246. The van der Waals surface area contributed by atoms with E-state index in [0.717, 1.165) is 12.0 Å². The molecule has 0 spiro atoms. The molecule has 1 aromatic rings. The van der Waals surface area contributed by atoms with Crippen molar-refractivity contribution in [2.45, 2.75) is 6.42 Å². The van der Waals surface area contributed by atoms with Crippen molar-refractivity contribution in [3.05, 3.63) is 42.5 Å². The molecule has 0 aromatic heterocycles. The molecule has 0 atom stereocenters. The van der Waals surface area contributed by atoms with E-state index < -0.39 is 0 Å². The first-order chi connectivity index (χ1) is 4.84. The van der Waals surface area contributed by atoms with E-state index in [1.165, 1.54) is 0 Å². The number of phenolic OH excluding ortho intramolecular Hbond substituents is 1. The minimum Gasteiger partial charge on any atom is -1.00 e. The first-order valence-electron chi connectivity index (χ1n) is 3.22. The molecule has 0 saturated carbocycles. The Labute approximate surface area is 113 Å². The normalized spacial score (nSPS) is 7.67. The first kappa shape index (κ1) is 14.9. The summed E-state index contributed by atoms with van der Waals surface area (Å²) in [6, 6.07) is 7.27. The Morgan fingerprint density at radius 2 is 2.00 bits per heavy atom. The van der Waals surface area contributed by atoms with Crippen LogP contribution in [0.25, 0.3) is 0 Å². The van der Waals surface area contributed by atoms with Gasteiger partial charge < -0.3 is 7.96 Å². The van der Waals surface area contributed by atoms with Crippen LogP contribution < -0.4 is 0 Å². The topological polar surface area (TPSA) is 20.2 Å². The third-order valence-electron chi connectivity index (χ3n) is 1.36. The van der Waals surface area contributed by atoms with E-state index in [2.05, 4.69) is 6.58 Å². The van der Waals surface area contributed by atoms with E-state index in [0.29, 0.717) is 5.75 Å². The summed E-state index contributed by atoms with van der Waals surface area (Å²) >= 11 is 0. The van der Waals surface area contributed by atoms with Crippen LogP contribution in [0.1, 0.15) is 8.42 Å². The molecule has 0 fully saturated rings. The summed E-state index contributed by atoms with van der Waals surface area (Å²) in [5.41, 5.74) is 0.928. The number of benzene rings is 1. The predicted molar refractivity (Wildman–Crippen MR) is 60.4 cm³/mol. The van der Waals surface area contributed by atoms with E-state index >= 15 is 0 Å². The zero-order valence-corrected chi connectivity index (χ0v) is 10.2. The summed E-state index contributed by atoms with van der Waals surface area (Å²) in [7, 11) is 0. The first-order valence-corrected chi connectivity index (χ1v) is 3.22. The molecule has 0 heterocycles. The minimum atomic E-state index is 0. The largest absolute Gasteiger partial charge is 2.00 e. The summed E-state index contributed by atoms with van der Waals surface area (Å²) in [6.07, 6.45) is 2.50. The maximum atomic E-state index is 9.19. The van der Waals surface area contributed by atoms with Crippen molar-refractivity contribution < 1.29 is 7.96 Å². The van der Waals surface area contributed by atoms with E-state index in [1.54, 1.807) is 12.1 Å². The molecule has 64 valence electrons. The summed E-state index contributed by atoms with van der Waals surface area (Å²) in [6.45, 7) is 3.59. The average Bonchev–Trinajstić information content (AvgIpc) is 1.94. The smallest absolute Gasteiger partial charge is 1.00 e. The molecule has 1 aromatic carbocycles. The van der Waals surface area contributed by atoms with Gasteiger partial charge in [0.25, 0.3) is 0 Å². The number of allylic oxidation sites excluding steroid dienone is 1. The Balaban J connectivity index is -0.000000125. The van der Waals surface area contributed by atoms with Crippen LogP contribution in [0.15, 0.2) is 36.9 Å². The zero-order valence-electron chi connectivity index (χ0n) is 8.96. The van der Waals surface area contributed by atoms with Crippen molar-refractivity contribution in [3.63, 3.8) is 0 Å². The molecule has 1 nitrogen and oxygen atoms in total. The van der Waals surface area contributed by atoms with E-state index in [4.69, 9.17) is 0 Å². The monoisotopic (exact) mass is 210 g/mol. The van der Waals surface area contributed by atoms with Crippen molar-refractivity contribution in [1.82, 2.24) is 0 Å². The number of para-hydroxylation sites is 1. The van der Waals surface area contributed by atoms with Crippen molar-refractivity contribution in [2.24, 2.45) is 0 Å². The molecule has 1 rings (SSSR count). The second-order valence-corrected chi connectivity index (χ2v) is 2.12. The van der Waals surface area contributed by atoms with E-state index in [9.17, 15) is 5.11 Å². The van der Waals surface area contributed by atoms with Gasteiger partial charge in [-0.05, 0) is 18.1 Å². The van der Waals surface area contributed by atoms with Crippen LogP contribution in [0.3, 0.4) is 0 Å². The summed E-state index contributed by atoms with van der Waals surface area (Å²) in [5.74, 6) is 0.349. The quantitative estimate of drug-likeness (QED) is 0.585. The van der Waals surface area contributed by atoms with Crippen LogP contribution in [0.4, 0.5) is 0 Å². The third kappa shape index (κ3) is 4.41. The number of hydrogen-bond acceptors (Lipinski definition) is 1. The Kier molecular flexibility index (Phi) is 9.90. The van der Waals surface area contributed by atoms with Gasteiger partial charge in [-0.15, -0.1) is 6.58 Å². The van der Waals surface area contributed by atoms with Gasteiger partial charge in [-0.3, -0.25) is 0 Å². The van der Waals surface area contributed by atoms with Crippen LogP contribution in [0.5, 0.6) is 5.75 Å². The van der Waals surface area contributed by atoms with Gasteiger partial charge in [0.2, 0.25) is 0 Å². The zero-order chi connectivity index (χ0) is 7.40. The molecule has 0 aliphatic rings. The molecule has 0 bridgehead atoms. The number of rotatable bonds is 2. The SMILES string of the molecule is C=CCc1ccccc1O.S.[Ca+2].[H-].[H-]. The van der Waals surface area contributed by atoms with Gasteiger partial charge in [-0.1, -0.05) is 24.3 Å². The molecule has 0 amide bonds.